The summed E-state index contributed by atoms with van der Waals surface area (Å²) in [5.41, 5.74) is 0.976. The first-order valence-electron chi connectivity index (χ1n) is 7.32. The van der Waals surface area contributed by atoms with Gasteiger partial charge in [-0.25, -0.2) is 4.79 Å². The standard InChI is InChI=1S/C16H23NO3/c1-13(11-18)17(15-9-5-6-10-15)16(19)20-12-14-7-3-2-4-8-14/h2-4,7-8,13,15,18H,5-6,9-12H2,1H3/t13-/m1/s1. The molecule has 0 unspecified atom stereocenters. The Balaban J connectivity index is 1.95. The van der Waals surface area contributed by atoms with Crippen LogP contribution in [0, 0.1) is 0 Å². The van der Waals surface area contributed by atoms with Gasteiger partial charge in [-0.1, -0.05) is 43.2 Å². The molecule has 1 amide bonds. The van der Waals surface area contributed by atoms with Crippen LogP contribution in [0.1, 0.15) is 38.2 Å². The normalized spacial score (nSPS) is 16.9. The molecule has 1 saturated carbocycles. The fourth-order valence-electron chi connectivity index (χ4n) is 2.75. The smallest absolute Gasteiger partial charge is 0.410 e. The number of amides is 1. The first-order chi connectivity index (χ1) is 9.72. The SMILES string of the molecule is C[C@H](CO)N(C(=O)OCc1ccccc1)C1CCCC1. The van der Waals surface area contributed by atoms with E-state index < -0.39 is 0 Å². The number of ether oxygens (including phenoxy) is 1. The molecule has 110 valence electrons. The van der Waals surface area contributed by atoms with E-state index >= 15 is 0 Å². The van der Waals surface area contributed by atoms with Crippen LogP contribution in [0.2, 0.25) is 0 Å². The molecule has 0 spiro atoms. The van der Waals surface area contributed by atoms with Crippen molar-refractivity contribution in [1.29, 1.82) is 0 Å². The highest BCUT2D eigenvalue weighted by Crippen LogP contribution is 2.26. The van der Waals surface area contributed by atoms with Crippen LogP contribution in [0.3, 0.4) is 0 Å². The van der Waals surface area contributed by atoms with Crippen molar-refractivity contribution in [3.05, 3.63) is 35.9 Å². The Morgan fingerprint density at radius 3 is 2.60 bits per heavy atom. The Hall–Kier alpha value is -1.55. The van der Waals surface area contributed by atoms with Gasteiger partial charge < -0.3 is 14.7 Å². The number of rotatable bonds is 5. The maximum Gasteiger partial charge on any atom is 0.410 e. The van der Waals surface area contributed by atoms with Crippen molar-refractivity contribution in [3.8, 4) is 0 Å². The number of carbonyl (C=O) groups is 1. The Kier molecular flexibility index (Phi) is 5.41. The lowest BCUT2D eigenvalue weighted by atomic mass is 10.1. The third-order valence-electron chi connectivity index (χ3n) is 3.87. The molecule has 0 aromatic heterocycles. The Morgan fingerprint density at radius 2 is 2.00 bits per heavy atom. The van der Waals surface area contributed by atoms with Crippen molar-refractivity contribution in [2.75, 3.05) is 6.61 Å². The molecule has 1 aromatic rings. The minimum absolute atomic E-state index is 0.0308. The molecule has 1 atom stereocenters. The number of carbonyl (C=O) groups excluding carboxylic acids is 1. The van der Waals surface area contributed by atoms with Gasteiger partial charge in [-0.15, -0.1) is 0 Å². The Morgan fingerprint density at radius 1 is 1.35 bits per heavy atom. The summed E-state index contributed by atoms with van der Waals surface area (Å²) in [6.45, 7) is 2.11. The van der Waals surface area contributed by atoms with Crippen LogP contribution in [-0.4, -0.2) is 34.8 Å². The summed E-state index contributed by atoms with van der Waals surface area (Å²) in [6, 6.07) is 9.67. The van der Waals surface area contributed by atoms with Gasteiger partial charge in [0.15, 0.2) is 0 Å². The largest absolute Gasteiger partial charge is 0.445 e. The summed E-state index contributed by atoms with van der Waals surface area (Å²) >= 11 is 0. The van der Waals surface area contributed by atoms with Gasteiger partial charge in [-0.05, 0) is 25.3 Å². The third kappa shape index (κ3) is 3.73. The summed E-state index contributed by atoms with van der Waals surface area (Å²) < 4.78 is 5.40. The van der Waals surface area contributed by atoms with E-state index in [4.69, 9.17) is 4.74 Å². The van der Waals surface area contributed by atoms with Crippen molar-refractivity contribution in [2.45, 2.75) is 51.3 Å². The molecule has 1 fully saturated rings. The zero-order valence-electron chi connectivity index (χ0n) is 12.0. The van der Waals surface area contributed by atoms with E-state index in [1.807, 2.05) is 37.3 Å². The zero-order chi connectivity index (χ0) is 14.4. The molecule has 1 N–H and O–H groups in total. The van der Waals surface area contributed by atoms with Crippen LogP contribution < -0.4 is 0 Å². The van der Waals surface area contributed by atoms with Crippen LogP contribution in [0.4, 0.5) is 4.79 Å². The van der Waals surface area contributed by atoms with Crippen LogP contribution >= 0.6 is 0 Å². The highest BCUT2D eigenvalue weighted by molar-refractivity contribution is 5.68. The first-order valence-corrected chi connectivity index (χ1v) is 7.32. The van der Waals surface area contributed by atoms with Gasteiger partial charge in [0.1, 0.15) is 6.61 Å². The highest BCUT2D eigenvalue weighted by Gasteiger charge is 2.31. The lowest BCUT2D eigenvalue weighted by Gasteiger charge is -2.32. The summed E-state index contributed by atoms with van der Waals surface area (Å²) in [5.74, 6) is 0. The first kappa shape index (κ1) is 14.9. The van der Waals surface area contributed by atoms with E-state index in [0.717, 1.165) is 31.2 Å². The molecule has 0 saturated heterocycles. The molecular formula is C16H23NO3. The van der Waals surface area contributed by atoms with Crippen molar-refractivity contribution in [2.24, 2.45) is 0 Å². The lowest BCUT2D eigenvalue weighted by Crippen LogP contribution is -2.46. The molecule has 2 rings (SSSR count). The van der Waals surface area contributed by atoms with Gasteiger partial charge in [-0.3, -0.25) is 0 Å². The Labute approximate surface area is 120 Å². The second-order valence-electron chi connectivity index (χ2n) is 5.42. The van der Waals surface area contributed by atoms with E-state index in [-0.39, 0.29) is 31.4 Å². The maximum absolute atomic E-state index is 12.3. The molecule has 0 heterocycles. The molecule has 1 aliphatic rings. The average Bonchev–Trinajstić information content (AvgIpc) is 3.00. The Bertz CT molecular complexity index is 415. The number of benzene rings is 1. The van der Waals surface area contributed by atoms with Gasteiger partial charge in [-0.2, -0.15) is 0 Å². The molecular weight excluding hydrogens is 254 g/mol. The van der Waals surface area contributed by atoms with Crippen LogP contribution in [0.5, 0.6) is 0 Å². The van der Waals surface area contributed by atoms with Crippen molar-refractivity contribution >= 4 is 6.09 Å². The summed E-state index contributed by atoms with van der Waals surface area (Å²) in [7, 11) is 0. The van der Waals surface area contributed by atoms with E-state index in [9.17, 15) is 9.90 Å². The van der Waals surface area contributed by atoms with Crippen molar-refractivity contribution < 1.29 is 14.6 Å². The highest BCUT2D eigenvalue weighted by atomic mass is 16.6. The number of hydrogen-bond donors (Lipinski definition) is 1. The zero-order valence-corrected chi connectivity index (χ0v) is 12.0. The molecule has 0 bridgehead atoms. The van der Waals surface area contributed by atoms with Crippen molar-refractivity contribution in [1.82, 2.24) is 4.90 Å². The number of nitrogens with zero attached hydrogens (tertiary/aromatic N) is 1. The van der Waals surface area contributed by atoms with Gasteiger partial charge in [0.2, 0.25) is 0 Å². The van der Waals surface area contributed by atoms with Crippen molar-refractivity contribution in [3.63, 3.8) is 0 Å². The predicted molar refractivity (Wildman–Crippen MR) is 77.3 cm³/mol. The number of hydrogen-bond acceptors (Lipinski definition) is 3. The fourth-order valence-corrected chi connectivity index (χ4v) is 2.75. The minimum atomic E-state index is -0.317. The molecule has 1 aromatic carbocycles. The minimum Gasteiger partial charge on any atom is -0.445 e. The number of aliphatic hydroxyl groups is 1. The maximum atomic E-state index is 12.3. The second-order valence-corrected chi connectivity index (χ2v) is 5.42. The molecule has 20 heavy (non-hydrogen) atoms. The molecule has 1 aliphatic carbocycles. The summed E-state index contributed by atoms with van der Waals surface area (Å²) in [6.07, 6.45) is 3.98. The summed E-state index contributed by atoms with van der Waals surface area (Å²) in [4.78, 5) is 14.0. The van der Waals surface area contributed by atoms with Gasteiger partial charge in [0.25, 0.3) is 0 Å². The van der Waals surface area contributed by atoms with Crippen LogP contribution in [0.15, 0.2) is 30.3 Å². The monoisotopic (exact) mass is 277 g/mol. The molecule has 4 nitrogen and oxygen atoms in total. The predicted octanol–water partition coefficient (Wildman–Crippen LogP) is 2.95. The topological polar surface area (TPSA) is 49.8 Å². The van der Waals surface area contributed by atoms with Gasteiger partial charge in [0, 0.05) is 6.04 Å². The second kappa shape index (κ2) is 7.29. The van der Waals surface area contributed by atoms with E-state index in [1.54, 1.807) is 4.90 Å². The van der Waals surface area contributed by atoms with Crippen LogP contribution in [-0.2, 0) is 11.3 Å². The van der Waals surface area contributed by atoms with Crippen LogP contribution in [0.25, 0.3) is 0 Å². The molecule has 0 aliphatic heterocycles. The quantitative estimate of drug-likeness (QED) is 0.900. The van der Waals surface area contributed by atoms with E-state index in [0.29, 0.717) is 0 Å². The van der Waals surface area contributed by atoms with E-state index in [1.165, 1.54) is 0 Å². The van der Waals surface area contributed by atoms with E-state index in [2.05, 4.69) is 0 Å². The van der Waals surface area contributed by atoms with Gasteiger partial charge >= 0.3 is 6.09 Å². The lowest BCUT2D eigenvalue weighted by molar-refractivity contribution is 0.0496. The molecule has 4 heteroatoms. The average molecular weight is 277 g/mol. The molecule has 0 radical (unpaired) electrons. The summed E-state index contributed by atoms with van der Waals surface area (Å²) in [5, 5.41) is 9.35. The third-order valence-corrected chi connectivity index (χ3v) is 3.87. The fraction of sp³-hybridized carbons (Fsp3) is 0.562. The number of aliphatic hydroxyl groups excluding tert-OH is 1. The van der Waals surface area contributed by atoms with Gasteiger partial charge in [0.05, 0.1) is 12.6 Å².